The molecular formula is C39H46N6. The second kappa shape index (κ2) is 10.8. The number of likely N-dealkylation sites (N-methyl/N-ethyl adjacent to an activating group) is 1. The predicted molar refractivity (Wildman–Crippen MR) is 184 cm³/mol. The fraction of sp³-hybridized carbons (Fsp3) is 0.487. The summed E-state index contributed by atoms with van der Waals surface area (Å²) in [7, 11) is 4.45. The number of nitrogens with one attached hydrogen (secondary N) is 2. The van der Waals surface area contributed by atoms with Crippen molar-refractivity contribution in [3.8, 4) is 22.3 Å². The molecule has 1 spiro atoms. The zero-order valence-electron chi connectivity index (χ0n) is 26.9. The Morgan fingerprint density at radius 1 is 0.778 bits per heavy atom. The highest BCUT2D eigenvalue weighted by molar-refractivity contribution is 5.90. The molecule has 3 fully saturated rings. The Morgan fingerprint density at radius 3 is 2.27 bits per heavy atom. The van der Waals surface area contributed by atoms with E-state index in [1.807, 2.05) is 0 Å². The molecule has 6 nitrogen and oxygen atoms in total. The molecule has 0 amide bonds. The van der Waals surface area contributed by atoms with E-state index in [0.29, 0.717) is 17.5 Å². The van der Waals surface area contributed by atoms with Crippen LogP contribution in [0.1, 0.15) is 92.4 Å². The molecule has 9 rings (SSSR count). The van der Waals surface area contributed by atoms with E-state index in [0.717, 1.165) is 24.4 Å². The summed E-state index contributed by atoms with van der Waals surface area (Å²) < 4.78 is 0. The fourth-order valence-corrected chi connectivity index (χ4v) is 9.68. The molecule has 5 aliphatic rings. The zero-order chi connectivity index (χ0) is 30.1. The number of fused-ring (bicyclic) bond motifs is 3. The van der Waals surface area contributed by atoms with Gasteiger partial charge in [-0.05, 0) is 135 Å². The van der Waals surface area contributed by atoms with Gasteiger partial charge in [0.15, 0.2) is 0 Å². The molecule has 3 atom stereocenters. The van der Waals surface area contributed by atoms with E-state index in [1.54, 1.807) is 11.1 Å². The van der Waals surface area contributed by atoms with Gasteiger partial charge in [0.2, 0.25) is 0 Å². The minimum absolute atomic E-state index is 0.282. The van der Waals surface area contributed by atoms with Crippen LogP contribution in [0.2, 0.25) is 0 Å². The van der Waals surface area contributed by atoms with Crippen molar-refractivity contribution in [2.75, 3.05) is 33.7 Å². The smallest absolute Gasteiger partial charge is 0.124 e. The van der Waals surface area contributed by atoms with Crippen molar-refractivity contribution in [3.63, 3.8) is 0 Å². The Bertz CT molecular complexity index is 1780. The molecule has 3 unspecified atom stereocenters. The maximum absolute atomic E-state index is 5.03. The number of benzene rings is 3. The van der Waals surface area contributed by atoms with Crippen LogP contribution in [0.3, 0.4) is 0 Å². The molecule has 3 aliphatic heterocycles. The van der Waals surface area contributed by atoms with Crippen LogP contribution in [0.4, 0.5) is 0 Å². The molecule has 0 radical (unpaired) electrons. The second-order valence-electron chi connectivity index (χ2n) is 14.7. The third-order valence-corrected chi connectivity index (χ3v) is 12.1. The van der Waals surface area contributed by atoms with Gasteiger partial charge >= 0.3 is 0 Å². The Labute approximate surface area is 267 Å². The maximum Gasteiger partial charge on any atom is 0.124 e. The number of nitrogens with zero attached hydrogens (tertiary/aromatic N) is 4. The van der Waals surface area contributed by atoms with Gasteiger partial charge in [0.05, 0.1) is 35.7 Å². The summed E-state index contributed by atoms with van der Waals surface area (Å²) in [5.74, 6) is 2.31. The zero-order valence-corrected chi connectivity index (χ0v) is 26.9. The quantitative estimate of drug-likeness (QED) is 0.249. The molecule has 232 valence electrons. The lowest BCUT2D eigenvalue weighted by molar-refractivity contribution is 0.307. The van der Waals surface area contributed by atoms with Crippen molar-refractivity contribution < 1.29 is 0 Å². The molecule has 1 saturated carbocycles. The van der Waals surface area contributed by atoms with E-state index in [4.69, 9.17) is 9.98 Å². The average molecular weight is 599 g/mol. The summed E-state index contributed by atoms with van der Waals surface area (Å²) in [5.41, 5.74) is 12.7. The normalized spacial score (nSPS) is 26.3. The monoisotopic (exact) mass is 598 g/mol. The van der Waals surface area contributed by atoms with E-state index >= 15 is 0 Å². The third kappa shape index (κ3) is 4.58. The first-order valence-electron chi connectivity index (χ1n) is 17.5. The van der Waals surface area contributed by atoms with Crippen molar-refractivity contribution in [1.29, 1.82) is 0 Å². The first-order valence-corrected chi connectivity index (χ1v) is 17.5. The largest absolute Gasteiger partial charge is 0.364 e. The number of aromatic amines is 1. The summed E-state index contributed by atoms with van der Waals surface area (Å²) in [6.45, 7) is 3.17. The van der Waals surface area contributed by atoms with Gasteiger partial charge in [-0.2, -0.15) is 0 Å². The number of likely N-dealkylation sites (tertiary alicyclic amines) is 2. The SMILES string of the molecule is CN1CCCC1C1=NCC(c2ccc(-c3ccc(-c4ccc5nc(C6CCCN6C)[nH]c5c4)c4c3CCC43CCCC3)cc2)N1. The Morgan fingerprint density at radius 2 is 1.51 bits per heavy atom. The van der Waals surface area contributed by atoms with Gasteiger partial charge < -0.3 is 10.3 Å². The first kappa shape index (κ1) is 27.8. The van der Waals surface area contributed by atoms with Crippen molar-refractivity contribution in [3.05, 3.63) is 77.1 Å². The lowest BCUT2D eigenvalue weighted by Gasteiger charge is -2.28. The molecule has 2 aliphatic carbocycles. The Balaban J connectivity index is 1.04. The number of H-pyrrole nitrogens is 1. The van der Waals surface area contributed by atoms with E-state index in [1.165, 1.54) is 110 Å². The average Bonchev–Trinajstić information content (AvgIpc) is 3.91. The molecule has 4 aromatic rings. The lowest BCUT2D eigenvalue weighted by Crippen LogP contribution is -2.40. The standard InChI is InChI=1S/C39H46N6/c1-44-21-5-7-34(44)37-40-24-33(43-37)26-11-9-25(10-12-26)28-14-15-29(36-30(28)17-20-39(36)18-3-4-19-39)27-13-16-31-32(23-27)42-38(41-31)35-8-6-22-45(35)2/h9-16,23,33-35H,3-8,17-22,24H2,1-2H3,(H,40,43)(H,41,42). The van der Waals surface area contributed by atoms with E-state index in [2.05, 4.69) is 88.8 Å². The number of aliphatic imine (C=N–C) groups is 1. The van der Waals surface area contributed by atoms with E-state index < -0.39 is 0 Å². The number of hydrogen-bond acceptors (Lipinski definition) is 5. The summed E-state index contributed by atoms with van der Waals surface area (Å²) >= 11 is 0. The number of amidine groups is 1. The van der Waals surface area contributed by atoms with Gasteiger partial charge in [-0.15, -0.1) is 0 Å². The molecule has 0 bridgehead atoms. The van der Waals surface area contributed by atoms with Crippen LogP contribution < -0.4 is 5.32 Å². The molecule has 1 aromatic heterocycles. The van der Waals surface area contributed by atoms with Crippen LogP contribution in [0.25, 0.3) is 33.3 Å². The minimum atomic E-state index is 0.282. The molecule has 45 heavy (non-hydrogen) atoms. The fourth-order valence-electron chi connectivity index (χ4n) is 9.68. The second-order valence-corrected chi connectivity index (χ2v) is 14.7. The van der Waals surface area contributed by atoms with Crippen LogP contribution in [0.5, 0.6) is 0 Å². The molecule has 2 saturated heterocycles. The summed E-state index contributed by atoms with van der Waals surface area (Å²) in [4.78, 5) is 18.6. The predicted octanol–water partition coefficient (Wildman–Crippen LogP) is 7.56. The number of imidazole rings is 1. The van der Waals surface area contributed by atoms with Gasteiger partial charge in [-0.25, -0.2) is 4.98 Å². The Hall–Kier alpha value is -3.48. The van der Waals surface area contributed by atoms with E-state index in [-0.39, 0.29) is 6.04 Å². The topological polar surface area (TPSA) is 59.6 Å². The molecule has 6 heteroatoms. The van der Waals surface area contributed by atoms with Crippen molar-refractivity contribution in [2.24, 2.45) is 4.99 Å². The third-order valence-electron chi connectivity index (χ3n) is 12.1. The molecule has 3 aromatic carbocycles. The van der Waals surface area contributed by atoms with Crippen LogP contribution in [0.15, 0.2) is 59.6 Å². The van der Waals surface area contributed by atoms with Gasteiger partial charge in [-0.3, -0.25) is 14.8 Å². The highest BCUT2D eigenvalue weighted by Gasteiger charge is 2.43. The summed E-state index contributed by atoms with van der Waals surface area (Å²) in [5, 5.41) is 3.77. The van der Waals surface area contributed by atoms with Crippen LogP contribution in [0, 0.1) is 0 Å². The minimum Gasteiger partial charge on any atom is -0.364 e. The molecule has 4 heterocycles. The lowest BCUT2D eigenvalue weighted by atomic mass is 9.76. The van der Waals surface area contributed by atoms with Gasteiger partial charge in [0.25, 0.3) is 0 Å². The van der Waals surface area contributed by atoms with Gasteiger partial charge in [0.1, 0.15) is 11.7 Å². The molecule has 2 N–H and O–H groups in total. The number of aromatic nitrogens is 2. The van der Waals surface area contributed by atoms with Crippen molar-refractivity contribution in [1.82, 2.24) is 25.1 Å². The molecular weight excluding hydrogens is 552 g/mol. The van der Waals surface area contributed by atoms with Crippen LogP contribution in [-0.4, -0.2) is 65.4 Å². The van der Waals surface area contributed by atoms with Crippen LogP contribution in [-0.2, 0) is 11.8 Å². The van der Waals surface area contributed by atoms with Gasteiger partial charge in [0, 0.05) is 0 Å². The number of hydrogen-bond donors (Lipinski definition) is 2. The van der Waals surface area contributed by atoms with E-state index in [9.17, 15) is 0 Å². The highest BCUT2D eigenvalue weighted by Crippen LogP contribution is 2.55. The first-order chi connectivity index (χ1) is 22.1. The summed E-state index contributed by atoms with van der Waals surface area (Å²) in [6.07, 6.45) is 12.7. The van der Waals surface area contributed by atoms with Crippen molar-refractivity contribution >= 4 is 16.9 Å². The number of rotatable bonds is 5. The van der Waals surface area contributed by atoms with Crippen molar-refractivity contribution in [2.45, 2.75) is 87.7 Å². The van der Waals surface area contributed by atoms with Crippen LogP contribution >= 0.6 is 0 Å². The Kier molecular flexibility index (Phi) is 6.68. The summed E-state index contributed by atoms with van der Waals surface area (Å²) in [6, 6.07) is 22.4. The van der Waals surface area contributed by atoms with Gasteiger partial charge in [-0.1, -0.05) is 55.3 Å². The maximum atomic E-state index is 5.03. The highest BCUT2D eigenvalue weighted by atomic mass is 15.2.